The number of carboxylic acid groups (broad SMARTS) is 1. The van der Waals surface area contributed by atoms with Crippen molar-refractivity contribution in [1.82, 2.24) is 0 Å². The molecule has 1 atom stereocenters. The SMILES string of the molecule is CCN1CC(CC(C)(C)C(=O)O)c2cc(Cl)ccc21. The Balaban J connectivity index is 2.31. The number of fused-ring (bicyclic) bond motifs is 1. The molecule has 2 rings (SSSR count). The van der Waals surface area contributed by atoms with E-state index in [0.29, 0.717) is 6.42 Å². The number of carbonyl (C=O) groups is 1. The number of rotatable bonds is 4. The Kier molecular flexibility index (Phi) is 3.77. The Bertz CT molecular complexity index is 499. The molecular weight excluding hydrogens is 262 g/mol. The molecular formula is C15H20ClNO2. The molecule has 0 saturated carbocycles. The van der Waals surface area contributed by atoms with Gasteiger partial charge >= 0.3 is 5.97 Å². The van der Waals surface area contributed by atoms with E-state index in [0.717, 1.165) is 18.1 Å². The van der Waals surface area contributed by atoms with E-state index in [1.165, 1.54) is 11.3 Å². The maximum atomic E-state index is 11.3. The summed E-state index contributed by atoms with van der Waals surface area (Å²) in [4.78, 5) is 13.6. The summed E-state index contributed by atoms with van der Waals surface area (Å²) >= 11 is 6.08. The molecule has 1 aliphatic rings. The zero-order chi connectivity index (χ0) is 14.2. The minimum absolute atomic E-state index is 0.236. The Labute approximate surface area is 119 Å². The maximum absolute atomic E-state index is 11.3. The van der Waals surface area contributed by atoms with Crippen LogP contribution >= 0.6 is 11.6 Å². The molecule has 0 radical (unpaired) electrons. The van der Waals surface area contributed by atoms with Crippen molar-refractivity contribution >= 4 is 23.3 Å². The predicted octanol–water partition coefficient (Wildman–Crippen LogP) is 3.76. The van der Waals surface area contributed by atoms with Gasteiger partial charge in [-0.05, 0) is 51.0 Å². The lowest BCUT2D eigenvalue weighted by molar-refractivity contribution is -0.147. The largest absolute Gasteiger partial charge is 0.481 e. The van der Waals surface area contributed by atoms with Crippen LogP contribution in [0.1, 0.15) is 38.7 Å². The first kappa shape index (κ1) is 14.2. The highest BCUT2D eigenvalue weighted by Crippen LogP contribution is 2.43. The first-order chi connectivity index (χ1) is 8.85. The van der Waals surface area contributed by atoms with Gasteiger partial charge in [-0.25, -0.2) is 0 Å². The zero-order valence-electron chi connectivity index (χ0n) is 11.6. The van der Waals surface area contributed by atoms with E-state index in [2.05, 4.69) is 11.8 Å². The van der Waals surface area contributed by atoms with E-state index in [1.807, 2.05) is 18.2 Å². The molecule has 1 aromatic rings. The summed E-state index contributed by atoms with van der Waals surface area (Å²) in [6.07, 6.45) is 0.631. The van der Waals surface area contributed by atoms with Crippen LogP contribution in [-0.2, 0) is 4.79 Å². The number of carboxylic acids is 1. The van der Waals surface area contributed by atoms with Crippen molar-refractivity contribution in [3.8, 4) is 0 Å². The third kappa shape index (κ3) is 2.71. The first-order valence-electron chi connectivity index (χ1n) is 6.63. The quantitative estimate of drug-likeness (QED) is 0.913. The molecule has 104 valence electrons. The topological polar surface area (TPSA) is 40.5 Å². The van der Waals surface area contributed by atoms with Gasteiger partial charge in [-0.2, -0.15) is 0 Å². The average Bonchev–Trinajstić information content (AvgIpc) is 2.66. The second-order valence-electron chi connectivity index (χ2n) is 5.83. The van der Waals surface area contributed by atoms with Gasteiger partial charge in [0.05, 0.1) is 5.41 Å². The van der Waals surface area contributed by atoms with Gasteiger partial charge in [0, 0.05) is 29.7 Å². The molecule has 0 aliphatic carbocycles. The molecule has 1 unspecified atom stereocenters. The van der Waals surface area contributed by atoms with Crippen molar-refractivity contribution in [2.24, 2.45) is 5.41 Å². The van der Waals surface area contributed by atoms with Gasteiger partial charge in [0.1, 0.15) is 0 Å². The smallest absolute Gasteiger partial charge is 0.309 e. The fourth-order valence-corrected chi connectivity index (χ4v) is 2.96. The van der Waals surface area contributed by atoms with Crippen LogP contribution in [-0.4, -0.2) is 24.2 Å². The molecule has 1 aromatic carbocycles. The summed E-state index contributed by atoms with van der Waals surface area (Å²) in [5.41, 5.74) is 1.66. The van der Waals surface area contributed by atoms with Crippen LogP contribution in [0.25, 0.3) is 0 Å². The van der Waals surface area contributed by atoms with Crippen LogP contribution in [0.5, 0.6) is 0 Å². The summed E-state index contributed by atoms with van der Waals surface area (Å²) in [5, 5.41) is 10.0. The van der Waals surface area contributed by atoms with Crippen molar-refractivity contribution in [2.45, 2.75) is 33.1 Å². The van der Waals surface area contributed by atoms with Crippen LogP contribution in [0.2, 0.25) is 5.02 Å². The van der Waals surface area contributed by atoms with Crippen molar-refractivity contribution in [2.75, 3.05) is 18.0 Å². The molecule has 19 heavy (non-hydrogen) atoms. The maximum Gasteiger partial charge on any atom is 0.309 e. The van der Waals surface area contributed by atoms with Gasteiger partial charge in [-0.15, -0.1) is 0 Å². The standard InChI is InChI=1S/C15H20ClNO2/c1-4-17-9-10(8-15(2,3)14(18)19)12-7-11(16)5-6-13(12)17/h5-7,10H,4,8-9H2,1-3H3,(H,18,19). The molecule has 1 aliphatic heterocycles. The van der Waals surface area contributed by atoms with Gasteiger partial charge in [0.25, 0.3) is 0 Å². The summed E-state index contributed by atoms with van der Waals surface area (Å²) in [7, 11) is 0. The minimum atomic E-state index is -0.744. The number of hydrogen-bond acceptors (Lipinski definition) is 2. The third-order valence-corrected chi connectivity index (χ3v) is 4.16. The number of hydrogen-bond donors (Lipinski definition) is 1. The Morgan fingerprint density at radius 2 is 2.21 bits per heavy atom. The second kappa shape index (κ2) is 5.04. The number of anilines is 1. The molecule has 4 heteroatoms. The third-order valence-electron chi connectivity index (χ3n) is 3.93. The summed E-state index contributed by atoms with van der Waals surface area (Å²) < 4.78 is 0. The molecule has 0 aromatic heterocycles. The lowest BCUT2D eigenvalue weighted by atomic mass is 9.81. The Hall–Kier alpha value is -1.22. The lowest BCUT2D eigenvalue weighted by Gasteiger charge is -2.24. The fourth-order valence-electron chi connectivity index (χ4n) is 2.78. The van der Waals surface area contributed by atoms with Gasteiger partial charge in [-0.1, -0.05) is 11.6 Å². The summed E-state index contributed by atoms with van der Waals surface area (Å²) in [5.74, 6) is -0.509. The molecule has 1 N–H and O–H groups in total. The summed E-state index contributed by atoms with van der Waals surface area (Å²) in [6.45, 7) is 7.49. The number of likely N-dealkylation sites (N-methyl/N-ethyl adjacent to an activating group) is 1. The highest BCUT2D eigenvalue weighted by atomic mass is 35.5. The molecule has 0 saturated heterocycles. The van der Waals surface area contributed by atoms with Crippen molar-refractivity contribution in [1.29, 1.82) is 0 Å². The van der Waals surface area contributed by atoms with E-state index in [4.69, 9.17) is 11.6 Å². The Morgan fingerprint density at radius 3 is 2.79 bits per heavy atom. The van der Waals surface area contributed by atoms with Crippen LogP contribution in [0.4, 0.5) is 5.69 Å². The van der Waals surface area contributed by atoms with Crippen molar-refractivity contribution in [3.05, 3.63) is 28.8 Å². The molecule has 0 bridgehead atoms. The van der Waals surface area contributed by atoms with E-state index in [9.17, 15) is 9.90 Å². The van der Waals surface area contributed by atoms with E-state index < -0.39 is 11.4 Å². The number of benzene rings is 1. The van der Waals surface area contributed by atoms with Gasteiger partial charge < -0.3 is 10.0 Å². The van der Waals surface area contributed by atoms with Crippen LogP contribution in [0.15, 0.2) is 18.2 Å². The Morgan fingerprint density at radius 1 is 1.53 bits per heavy atom. The van der Waals surface area contributed by atoms with E-state index in [1.54, 1.807) is 13.8 Å². The highest BCUT2D eigenvalue weighted by Gasteiger charge is 2.36. The lowest BCUT2D eigenvalue weighted by Crippen LogP contribution is -2.28. The van der Waals surface area contributed by atoms with Gasteiger partial charge in [-0.3, -0.25) is 4.79 Å². The number of aliphatic carboxylic acids is 1. The first-order valence-corrected chi connectivity index (χ1v) is 7.00. The predicted molar refractivity (Wildman–Crippen MR) is 78.1 cm³/mol. The molecule has 3 nitrogen and oxygen atoms in total. The van der Waals surface area contributed by atoms with Crippen LogP contribution in [0, 0.1) is 5.41 Å². The molecule has 0 amide bonds. The van der Waals surface area contributed by atoms with E-state index in [-0.39, 0.29) is 5.92 Å². The fraction of sp³-hybridized carbons (Fsp3) is 0.533. The molecule has 1 heterocycles. The minimum Gasteiger partial charge on any atom is -0.481 e. The second-order valence-corrected chi connectivity index (χ2v) is 6.27. The van der Waals surface area contributed by atoms with Crippen molar-refractivity contribution in [3.63, 3.8) is 0 Å². The van der Waals surface area contributed by atoms with E-state index >= 15 is 0 Å². The highest BCUT2D eigenvalue weighted by molar-refractivity contribution is 6.30. The van der Waals surface area contributed by atoms with Crippen molar-refractivity contribution < 1.29 is 9.90 Å². The average molecular weight is 282 g/mol. The van der Waals surface area contributed by atoms with Crippen LogP contribution < -0.4 is 4.90 Å². The summed E-state index contributed by atoms with van der Waals surface area (Å²) in [6, 6.07) is 5.91. The number of nitrogens with zero attached hydrogens (tertiary/aromatic N) is 1. The number of halogens is 1. The van der Waals surface area contributed by atoms with Gasteiger partial charge in [0.2, 0.25) is 0 Å². The monoisotopic (exact) mass is 281 g/mol. The molecule has 0 spiro atoms. The zero-order valence-corrected chi connectivity index (χ0v) is 12.4. The van der Waals surface area contributed by atoms with Gasteiger partial charge in [0.15, 0.2) is 0 Å². The molecule has 0 fully saturated rings. The normalized spacial score (nSPS) is 18.5. The van der Waals surface area contributed by atoms with Crippen LogP contribution in [0.3, 0.4) is 0 Å².